The van der Waals surface area contributed by atoms with Gasteiger partial charge in [-0.1, -0.05) is 0 Å². The van der Waals surface area contributed by atoms with Gasteiger partial charge in [0.1, 0.15) is 11.5 Å². The SMILES string of the molecule is CC(NCCCOCC1CCCO1)c1cc(O)ccc1O. The van der Waals surface area contributed by atoms with Crippen LogP contribution in [0.15, 0.2) is 18.2 Å². The van der Waals surface area contributed by atoms with Crippen molar-refractivity contribution < 1.29 is 19.7 Å². The Kier molecular flexibility index (Phi) is 6.29. The smallest absolute Gasteiger partial charge is 0.120 e. The second-order valence-corrected chi connectivity index (χ2v) is 5.48. The lowest BCUT2D eigenvalue weighted by Gasteiger charge is -2.16. The monoisotopic (exact) mass is 295 g/mol. The molecular weight excluding hydrogens is 270 g/mol. The number of benzene rings is 1. The molecular formula is C16H25NO4. The fraction of sp³-hybridized carbons (Fsp3) is 0.625. The van der Waals surface area contributed by atoms with Crippen molar-refractivity contribution in [3.63, 3.8) is 0 Å². The van der Waals surface area contributed by atoms with Crippen LogP contribution in [0.2, 0.25) is 0 Å². The van der Waals surface area contributed by atoms with Gasteiger partial charge in [0.05, 0.1) is 12.7 Å². The van der Waals surface area contributed by atoms with Crippen LogP contribution in [0.1, 0.15) is 37.8 Å². The summed E-state index contributed by atoms with van der Waals surface area (Å²) in [5.74, 6) is 0.360. The Morgan fingerprint density at radius 1 is 1.43 bits per heavy atom. The lowest BCUT2D eigenvalue weighted by molar-refractivity contribution is 0.0165. The average molecular weight is 295 g/mol. The molecule has 2 atom stereocenters. The molecule has 3 N–H and O–H groups in total. The van der Waals surface area contributed by atoms with Crippen molar-refractivity contribution in [2.24, 2.45) is 0 Å². The van der Waals surface area contributed by atoms with Crippen LogP contribution < -0.4 is 5.32 Å². The molecule has 1 heterocycles. The molecule has 2 unspecified atom stereocenters. The highest BCUT2D eigenvalue weighted by molar-refractivity contribution is 5.40. The van der Waals surface area contributed by atoms with Crippen LogP contribution in [0.5, 0.6) is 11.5 Å². The van der Waals surface area contributed by atoms with Crippen molar-refractivity contribution >= 4 is 0 Å². The maximum absolute atomic E-state index is 9.78. The predicted molar refractivity (Wildman–Crippen MR) is 80.6 cm³/mol. The topological polar surface area (TPSA) is 71.0 Å². The molecule has 0 aliphatic carbocycles. The zero-order chi connectivity index (χ0) is 15.1. The molecule has 0 saturated carbocycles. The summed E-state index contributed by atoms with van der Waals surface area (Å²) in [6, 6.07) is 4.55. The fourth-order valence-electron chi connectivity index (χ4n) is 2.48. The molecule has 118 valence electrons. The highest BCUT2D eigenvalue weighted by atomic mass is 16.5. The summed E-state index contributed by atoms with van der Waals surface area (Å²) in [5.41, 5.74) is 0.704. The van der Waals surface area contributed by atoms with Crippen LogP contribution in [0, 0.1) is 0 Å². The molecule has 1 aliphatic rings. The van der Waals surface area contributed by atoms with E-state index in [-0.39, 0.29) is 23.6 Å². The molecule has 0 radical (unpaired) electrons. The van der Waals surface area contributed by atoms with E-state index in [4.69, 9.17) is 9.47 Å². The van der Waals surface area contributed by atoms with E-state index in [1.165, 1.54) is 12.1 Å². The minimum Gasteiger partial charge on any atom is -0.508 e. The Labute approximate surface area is 125 Å². The number of aromatic hydroxyl groups is 2. The first kappa shape index (κ1) is 16.1. The van der Waals surface area contributed by atoms with Gasteiger partial charge in [-0.25, -0.2) is 0 Å². The molecule has 1 fully saturated rings. The van der Waals surface area contributed by atoms with Crippen molar-refractivity contribution in [2.75, 3.05) is 26.4 Å². The van der Waals surface area contributed by atoms with Gasteiger partial charge in [-0.3, -0.25) is 0 Å². The van der Waals surface area contributed by atoms with E-state index in [1.54, 1.807) is 6.07 Å². The van der Waals surface area contributed by atoms with Crippen molar-refractivity contribution in [3.8, 4) is 11.5 Å². The van der Waals surface area contributed by atoms with Crippen LogP contribution in [0.3, 0.4) is 0 Å². The van der Waals surface area contributed by atoms with Gasteiger partial charge in [-0.2, -0.15) is 0 Å². The Morgan fingerprint density at radius 2 is 2.29 bits per heavy atom. The van der Waals surface area contributed by atoms with Crippen LogP contribution in [0.4, 0.5) is 0 Å². The highest BCUT2D eigenvalue weighted by Gasteiger charge is 2.15. The third-order valence-electron chi connectivity index (χ3n) is 3.72. The van der Waals surface area contributed by atoms with Crippen LogP contribution >= 0.6 is 0 Å². The number of ether oxygens (including phenoxy) is 2. The van der Waals surface area contributed by atoms with Gasteiger partial charge in [0.15, 0.2) is 0 Å². The molecule has 1 aromatic carbocycles. The number of phenolic OH excluding ortho intramolecular Hbond substituents is 2. The maximum Gasteiger partial charge on any atom is 0.120 e. The number of phenols is 2. The van der Waals surface area contributed by atoms with Crippen molar-refractivity contribution in [1.82, 2.24) is 5.32 Å². The van der Waals surface area contributed by atoms with E-state index in [2.05, 4.69) is 5.32 Å². The van der Waals surface area contributed by atoms with E-state index in [0.717, 1.165) is 32.4 Å². The number of nitrogens with one attached hydrogen (secondary N) is 1. The second-order valence-electron chi connectivity index (χ2n) is 5.48. The van der Waals surface area contributed by atoms with E-state index in [0.29, 0.717) is 18.8 Å². The minimum atomic E-state index is -0.0183. The molecule has 2 rings (SSSR count). The van der Waals surface area contributed by atoms with E-state index >= 15 is 0 Å². The quantitative estimate of drug-likeness (QED) is 0.507. The van der Waals surface area contributed by atoms with Crippen LogP contribution in [0.25, 0.3) is 0 Å². The largest absolute Gasteiger partial charge is 0.508 e. The maximum atomic E-state index is 9.78. The Balaban J connectivity index is 1.60. The van der Waals surface area contributed by atoms with Gasteiger partial charge in [-0.15, -0.1) is 0 Å². The summed E-state index contributed by atoms with van der Waals surface area (Å²) >= 11 is 0. The predicted octanol–water partition coefficient (Wildman–Crippen LogP) is 2.33. The van der Waals surface area contributed by atoms with Crippen molar-refractivity contribution in [2.45, 2.75) is 38.3 Å². The summed E-state index contributed by atoms with van der Waals surface area (Å²) in [4.78, 5) is 0. The molecule has 0 amide bonds. The molecule has 1 aromatic rings. The molecule has 0 aromatic heterocycles. The second kappa shape index (κ2) is 8.22. The van der Waals surface area contributed by atoms with Gasteiger partial charge < -0.3 is 25.0 Å². The van der Waals surface area contributed by atoms with Gasteiger partial charge in [0, 0.05) is 24.8 Å². The minimum absolute atomic E-state index is 0.0183. The molecule has 0 bridgehead atoms. The van der Waals surface area contributed by atoms with E-state index < -0.39 is 0 Å². The highest BCUT2D eigenvalue weighted by Crippen LogP contribution is 2.27. The van der Waals surface area contributed by atoms with Crippen molar-refractivity contribution in [1.29, 1.82) is 0 Å². The third kappa shape index (κ3) is 5.19. The van der Waals surface area contributed by atoms with Crippen molar-refractivity contribution in [3.05, 3.63) is 23.8 Å². The number of hydrogen-bond acceptors (Lipinski definition) is 5. The first-order valence-electron chi connectivity index (χ1n) is 7.61. The lowest BCUT2D eigenvalue weighted by atomic mass is 10.1. The first-order chi connectivity index (χ1) is 10.2. The molecule has 1 saturated heterocycles. The Bertz CT molecular complexity index is 432. The summed E-state index contributed by atoms with van der Waals surface area (Å²) < 4.78 is 11.1. The molecule has 0 spiro atoms. The van der Waals surface area contributed by atoms with Gasteiger partial charge in [0.2, 0.25) is 0 Å². The van der Waals surface area contributed by atoms with E-state index in [9.17, 15) is 10.2 Å². The average Bonchev–Trinajstić information content (AvgIpc) is 2.98. The van der Waals surface area contributed by atoms with Crippen LogP contribution in [-0.2, 0) is 9.47 Å². The zero-order valence-electron chi connectivity index (χ0n) is 12.5. The molecule has 5 nitrogen and oxygen atoms in total. The fourth-order valence-corrected chi connectivity index (χ4v) is 2.48. The van der Waals surface area contributed by atoms with Gasteiger partial charge >= 0.3 is 0 Å². The standard InChI is InChI=1S/C16H25NO4/c1-12(15-10-13(18)5-6-16(15)19)17-7-3-8-20-11-14-4-2-9-21-14/h5-6,10,12,14,17-19H,2-4,7-9,11H2,1H3. The summed E-state index contributed by atoms with van der Waals surface area (Å²) in [6.45, 7) is 5.00. The Hall–Kier alpha value is -1.30. The third-order valence-corrected chi connectivity index (χ3v) is 3.72. The summed E-state index contributed by atoms with van der Waals surface area (Å²) in [6.07, 6.45) is 3.42. The molecule has 1 aliphatic heterocycles. The normalized spacial score (nSPS) is 19.8. The van der Waals surface area contributed by atoms with Crippen LogP contribution in [-0.4, -0.2) is 42.7 Å². The Morgan fingerprint density at radius 3 is 3.05 bits per heavy atom. The van der Waals surface area contributed by atoms with Gasteiger partial charge in [-0.05, 0) is 50.9 Å². The van der Waals surface area contributed by atoms with E-state index in [1.807, 2.05) is 6.92 Å². The molecule has 21 heavy (non-hydrogen) atoms. The number of hydrogen-bond donors (Lipinski definition) is 3. The zero-order valence-corrected chi connectivity index (χ0v) is 12.5. The molecule has 5 heteroatoms. The lowest BCUT2D eigenvalue weighted by Crippen LogP contribution is -2.22. The summed E-state index contributed by atoms with van der Waals surface area (Å²) in [7, 11) is 0. The first-order valence-corrected chi connectivity index (χ1v) is 7.61. The number of rotatable bonds is 8. The summed E-state index contributed by atoms with van der Waals surface area (Å²) in [5, 5.41) is 22.6. The van der Waals surface area contributed by atoms with Gasteiger partial charge in [0.25, 0.3) is 0 Å².